The molecule has 4 heteroatoms. The molecule has 2 aliphatic rings. The average molecular weight is 216 g/mol. The summed E-state index contributed by atoms with van der Waals surface area (Å²) in [7, 11) is -2.73. The molecule has 0 radical (unpaired) electrons. The Bertz CT molecular complexity index is 317. The normalized spacial score (nSPS) is 32.7. The van der Waals surface area contributed by atoms with Gasteiger partial charge in [0.15, 0.2) is 0 Å². The van der Waals surface area contributed by atoms with Crippen LogP contribution in [0.1, 0.15) is 32.1 Å². The van der Waals surface area contributed by atoms with Gasteiger partial charge >= 0.3 is 0 Å². The van der Waals surface area contributed by atoms with E-state index in [1.807, 2.05) is 0 Å². The molecule has 2 fully saturated rings. The summed E-state index contributed by atoms with van der Waals surface area (Å²) in [4.78, 5) is 10.2. The monoisotopic (exact) mass is 216 g/mol. The fourth-order valence-corrected chi connectivity index (χ4v) is 4.31. The lowest BCUT2D eigenvalue weighted by atomic mass is 9.95. The van der Waals surface area contributed by atoms with Gasteiger partial charge in [-0.15, -0.1) is 0 Å². The van der Waals surface area contributed by atoms with Crippen molar-refractivity contribution < 1.29 is 13.2 Å². The minimum Gasteiger partial charge on any atom is -0.303 e. The predicted molar refractivity (Wildman–Crippen MR) is 53.7 cm³/mol. The van der Waals surface area contributed by atoms with Crippen molar-refractivity contribution in [1.29, 1.82) is 0 Å². The Kier molecular flexibility index (Phi) is 2.41. The molecule has 0 aromatic heterocycles. The zero-order valence-corrected chi connectivity index (χ0v) is 9.05. The molecule has 0 aromatic rings. The highest BCUT2D eigenvalue weighted by molar-refractivity contribution is 7.91. The summed E-state index contributed by atoms with van der Waals surface area (Å²) in [6, 6.07) is 0. The Morgan fingerprint density at radius 2 is 1.93 bits per heavy atom. The van der Waals surface area contributed by atoms with Crippen molar-refractivity contribution in [3.8, 4) is 0 Å². The van der Waals surface area contributed by atoms with Crippen molar-refractivity contribution in [2.45, 2.75) is 32.1 Å². The van der Waals surface area contributed by atoms with Crippen molar-refractivity contribution >= 4 is 16.1 Å². The van der Waals surface area contributed by atoms with Gasteiger partial charge < -0.3 is 4.79 Å². The summed E-state index contributed by atoms with van der Waals surface area (Å²) in [6.45, 7) is 0. The van der Waals surface area contributed by atoms with Crippen molar-refractivity contribution in [3.63, 3.8) is 0 Å². The van der Waals surface area contributed by atoms with Crippen molar-refractivity contribution in [3.05, 3.63) is 0 Å². The van der Waals surface area contributed by atoms with E-state index in [1.165, 1.54) is 0 Å². The van der Waals surface area contributed by atoms with Crippen molar-refractivity contribution in [1.82, 2.24) is 0 Å². The lowest BCUT2D eigenvalue weighted by molar-refractivity contribution is -0.108. The van der Waals surface area contributed by atoms with Crippen LogP contribution in [0.5, 0.6) is 0 Å². The van der Waals surface area contributed by atoms with Crippen LogP contribution in [0, 0.1) is 11.3 Å². The van der Waals surface area contributed by atoms with Crippen LogP contribution in [0.3, 0.4) is 0 Å². The molecule has 0 N–H and O–H groups in total. The highest BCUT2D eigenvalue weighted by atomic mass is 32.2. The Balaban J connectivity index is 1.88. The maximum atomic E-state index is 11.2. The third kappa shape index (κ3) is 1.85. The van der Waals surface area contributed by atoms with E-state index in [-0.39, 0.29) is 0 Å². The number of aldehydes is 1. The summed E-state index contributed by atoms with van der Waals surface area (Å²) >= 11 is 0. The highest BCUT2D eigenvalue weighted by Crippen LogP contribution is 2.61. The van der Waals surface area contributed by atoms with E-state index in [9.17, 15) is 13.2 Å². The van der Waals surface area contributed by atoms with Gasteiger partial charge in [0.2, 0.25) is 0 Å². The van der Waals surface area contributed by atoms with Crippen LogP contribution in [-0.4, -0.2) is 26.2 Å². The van der Waals surface area contributed by atoms with Crippen LogP contribution in [0.4, 0.5) is 0 Å². The Hall–Kier alpha value is -0.380. The maximum absolute atomic E-state index is 11.2. The van der Waals surface area contributed by atoms with E-state index < -0.39 is 9.84 Å². The molecule has 1 heterocycles. The third-order valence-corrected chi connectivity index (χ3v) is 5.47. The highest BCUT2D eigenvalue weighted by Gasteiger charge is 2.54. The molecule has 2 rings (SSSR count). The van der Waals surface area contributed by atoms with Gasteiger partial charge in [0.1, 0.15) is 16.1 Å². The van der Waals surface area contributed by atoms with Crippen LogP contribution in [0.15, 0.2) is 0 Å². The van der Waals surface area contributed by atoms with Gasteiger partial charge in [-0.2, -0.15) is 0 Å². The predicted octanol–water partition coefficient (Wildman–Crippen LogP) is 1.18. The summed E-state index contributed by atoms with van der Waals surface area (Å²) < 4.78 is 22.5. The van der Waals surface area contributed by atoms with E-state index in [2.05, 4.69) is 0 Å². The molecule has 0 amide bonds. The van der Waals surface area contributed by atoms with Gasteiger partial charge in [0.25, 0.3) is 0 Å². The molecule has 1 aliphatic heterocycles. The molecule has 1 spiro atoms. The lowest BCUT2D eigenvalue weighted by Crippen LogP contribution is -2.25. The minimum absolute atomic E-state index is 0.314. The second-order valence-corrected chi connectivity index (χ2v) is 6.96. The van der Waals surface area contributed by atoms with E-state index in [0.29, 0.717) is 29.3 Å². The van der Waals surface area contributed by atoms with E-state index in [0.717, 1.165) is 32.0 Å². The second-order valence-electron chi connectivity index (χ2n) is 4.66. The molecule has 0 bridgehead atoms. The fraction of sp³-hybridized carbons (Fsp3) is 0.900. The number of hydrogen-bond acceptors (Lipinski definition) is 3. The Morgan fingerprint density at radius 1 is 1.29 bits per heavy atom. The Labute approximate surface area is 84.8 Å². The summed E-state index contributed by atoms with van der Waals surface area (Å²) in [5.41, 5.74) is 0.314. The van der Waals surface area contributed by atoms with Gasteiger partial charge in [-0.3, -0.25) is 0 Å². The second kappa shape index (κ2) is 3.33. The first-order valence-corrected chi connectivity index (χ1v) is 7.04. The van der Waals surface area contributed by atoms with Gasteiger partial charge in [0.05, 0.1) is 11.5 Å². The van der Waals surface area contributed by atoms with E-state index in [4.69, 9.17) is 0 Å². The zero-order valence-electron chi connectivity index (χ0n) is 8.24. The van der Waals surface area contributed by atoms with Crippen LogP contribution in [-0.2, 0) is 14.6 Å². The number of carbonyl (C=O) groups excluding carboxylic acids is 1. The molecule has 1 saturated heterocycles. The van der Waals surface area contributed by atoms with Crippen molar-refractivity contribution in [2.75, 3.05) is 11.5 Å². The topological polar surface area (TPSA) is 51.2 Å². The molecular formula is C10H16O3S. The van der Waals surface area contributed by atoms with Gasteiger partial charge in [0, 0.05) is 6.42 Å². The van der Waals surface area contributed by atoms with Gasteiger partial charge in [-0.25, -0.2) is 8.42 Å². The number of rotatable bonds is 3. The largest absolute Gasteiger partial charge is 0.303 e. The average Bonchev–Trinajstić information content (AvgIpc) is 2.82. The van der Waals surface area contributed by atoms with E-state index in [1.54, 1.807) is 0 Å². The standard InChI is InChI=1S/C10H16O3S/c11-5-1-2-9-8-10(9)3-6-14(12,13)7-4-10/h5,9H,1-4,6-8H2. The number of sulfone groups is 1. The van der Waals surface area contributed by atoms with Crippen LogP contribution >= 0.6 is 0 Å². The van der Waals surface area contributed by atoms with E-state index >= 15 is 0 Å². The summed E-state index contributed by atoms with van der Waals surface area (Å²) in [5.74, 6) is 1.36. The summed E-state index contributed by atoms with van der Waals surface area (Å²) in [5, 5.41) is 0. The quantitative estimate of drug-likeness (QED) is 0.666. The molecule has 80 valence electrons. The smallest absolute Gasteiger partial charge is 0.150 e. The molecule has 1 saturated carbocycles. The SMILES string of the molecule is O=CCCC1CC12CCS(=O)(=O)CC2. The molecule has 1 aliphatic carbocycles. The molecule has 1 atom stereocenters. The number of hydrogen-bond donors (Lipinski definition) is 0. The van der Waals surface area contributed by atoms with Crippen LogP contribution in [0.25, 0.3) is 0 Å². The molecular weight excluding hydrogens is 200 g/mol. The third-order valence-electron chi connectivity index (χ3n) is 3.81. The van der Waals surface area contributed by atoms with Crippen LogP contribution < -0.4 is 0 Å². The maximum Gasteiger partial charge on any atom is 0.150 e. The lowest BCUT2D eigenvalue weighted by Gasteiger charge is -2.22. The van der Waals surface area contributed by atoms with Crippen molar-refractivity contribution in [2.24, 2.45) is 11.3 Å². The first-order chi connectivity index (χ1) is 6.58. The first-order valence-electron chi connectivity index (χ1n) is 5.22. The molecule has 14 heavy (non-hydrogen) atoms. The molecule has 0 aromatic carbocycles. The summed E-state index contributed by atoms with van der Waals surface area (Å²) in [6.07, 6.45) is 5.38. The van der Waals surface area contributed by atoms with Crippen LogP contribution in [0.2, 0.25) is 0 Å². The Morgan fingerprint density at radius 3 is 2.50 bits per heavy atom. The van der Waals surface area contributed by atoms with Gasteiger partial charge in [-0.05, 0) is 37.0 Å². The fourth-order valence-electron chi connectivity index (χ4n) is 2.67. The van der Waals surface area contributed by atoms with Gasteiger partial charge in [-0.1, -0.05) is 0 Å². The first kappa shape index (κ1) is 10.1. The minimum atomic E-state index is -2.73. The molecule has 3 nitrogen and oxygen atoms in total. The molecule has 1 unspecified atom stereocenters. The number of carbonyl (C=O) groups is 1. The zero-order chi connectivity index (χ0) is 10.2.